The monoisotopic (exact) mass is 306 g/mol. The normalized spacial score (nSPS) is 16.6. The summed E-state index contributed by atoms with van der Waals surface area (Å²) in [5.41, 5.74) is 4.05. The fraction of sp³-hybridized carbons (Fsp3) is 0.381. The van der Waals surface area contributed by atoms with E-state index >= 15 is 0 Å². The highest BCUT2D eigenvalue weighted by Gasteiger charge is 2.29. The lowest BCUT2D eigenvalue weighted by Crippen LogP contribution is -2.45. The molecule has 2 heterocycles. The minimum Gasteiger partial charge on any atom is -0.298 e. The van der Waals surface area contributed by atoms with E-state index in [1.165, 1.54) is 16.8 Å². The van der Waals surface area contributed by atoms with Crippen molar-refractivity contribution in [1.29, 1.82) is 0 Å². The van der Waals surface area contributed by atoms with E-state index in [0.717, 1.165) is 26.1 Å². The van der Waals surface area contributed by atoms with Crippen LogP contribution in [-0.2, 0) is 0 Å². The van der Waals surface area contributed by atoms with Crippen molar-refractivity contribution in [3.63, 3.8) is 0 Å². The molecular formula is C21H26N2. The van der Waals surface area contributed by atoms with E-state index in [1.807, 2.05) is 12.3 Å². The Kier molecular flexibility index (Phi) is 5.24. The molecule has 2 nitrogen and oxygen atoms in total. The number of benzene rings is 1. The molecule has 0 radical (unpaired) electrons. The van der Waals surface area contributed by atoms with Gasteiger partial charge in [-0.15, -0.1) is 0 Å². The number of pyridine rings is 1. The number of likely N-dealkylation sites (tertiary alicyclic amines) is 1. The van der Waals surface area contributed by atoms with Gasteiger partial charge in [0.05, 0.1) is 0 Å². The third-order valence-corrected chi connectivity index (χ3v) is 4.44. The van der Waals surface area contributed by atoms with Crippen molar-refractivity contribution < 1.29 is 0 Å². The zero-order valence-electron chi connectivity index (χ0n) is 14.2. The second-order valence-corrected chi connectivity index (χ2v) is 6.87. The lowest BCUT2D eigenvalue weighted by molar-refractivity contribution is 0.167. The highest BCUT2D eigenvalue weighted by atomic mass is 15.2. The van der Waals surface area contributed by atoms with Crippen molar-refractivity contribution >= 4 is 5.57 Å². The standard InChI is InChI=1S/C21H26N2/c1-17(2)11-12-19(18-8-4-3-5-9-18)14-23-15-20(16-23)21-10-6-7-13-22-21/h3-10,12-13,17,20H,11,14-16H2,1-2H3/b19-12+. The Morgan fingerprint density at radius 1 is 1.13 bits per heavy atom. The van der Waals surface area contributed by atoms with Crippen LogP contribution < -0.4 is 0 Å². The average molecular weight is 306 g/mol. The van der Waals surface area contributed by atoms with Crippen molar-refractivity contribution in [2.24, 2.45) is 5.92 Å². The van der Waals surface area contributed by atoms with E-state index < -0.39 is 0 Å². The number of allylic oxidation sites excluding steroid dienone is 1. The molecule has 1 fully saturated rings. The van der Waals surface area contributed by atoms with Gasteiger partial charge < -0.3 is 0 Å². The first-order valence-electron chi connectivity index (χ1n) is 8.60. The summed E-state index contributed by atoms with van der Waals surface area (Å²) in [4.78, 5) is 7.02. The smallest absolute Gasteiger partial charge is 0.0460 e. The fourth-order valence-electron chi connectivity index (χ4n) is 3.05. The maximum Gasteiger partial charge on any atom is 0.0460 e. The Balaban J connectivity index is 1.63. The third-order valence-electron chi connectivity index (χ3n) is 4.44. The van der Waals surface area contributed by atoms with E-state index in [4.69, 9.17) is 0 Å². The molecule has 1 saturated heterocycles. The van der Waals surface area contributed by atoms with Crippen LogP contribution in [0, 0.1) is 5.92 Å². The second kappa shape index (κ2) is 7.56. The highest BCUT2D eigenvalue weighted by Crippen LogP contribution is 2.28. The quantitative estimate of drug-likeness (QED) is 0.774. The average Bonchev–Trinajstić information content (AvgIpc) is 2.54. The van der Waals surface area contributed by atoms with Crippen molar-refractivity contribution in [3.05, 3.63) is 72.1 Å². The molecule has 1 aliphatic rings. The summed E-state index contributed by atoms with van der Waals surface area (Å²) in [5, 5.41) is 0. The molecule has 2 heteroatoms. The topological polar surface area (TPSA) is 16.1 Å². The summed E-state index contributed by atoms with van der Waals surface area (Å²) in [6.07, 6.45) is 5.46. The number of hydrogen-bond donors (Lipinski definition) is 0. The predicted molar refractivity (Wildman–Crippen MR) is 97.3 cm³/mol. The maximum absolute atomic E-state index is 4.49. The van der Waals surface area contributed by atoms with E-state index in [1.54, 1.807) is 0 Å². The Labute approximate surface area is 139 Å². The Morgan fingerprint density at radius 2 is 1.87 bits per heavy atom. The molecule has 1 aliphatic heterocycles. The summed E-state index contributed by atoms with van der Waals surface area (Å²) < 4.78 is 0. The number of rotatable bonds is 6. The molecule has 0 unspecified atom stereocenters. The third kappa shape index (κ3) is 4.29. The van der Waals surface area contributed by atoms with Crippen molar-refractivity contribution in [2.75, 3.05) is 19.6 Å². The molecule has 23 heavy (non-hydrogen) atoms. The van der Waals surface area contributed by atoms with Gasteiger partial charge in [-0.3, -0.25) is 9.88 Å². The minimum absolute atomic E-state index is 0.596. The van der Waals surface area contributed by atoms with Gasteiger partial charge in [0.25, 0.3) is 0 Å². The maximum atomic E-state index is 4.49. The van der Waals surface area contributed by atoms with Gasteiger partial charge in [0.15, 0.2) is 0 Å². The van der Waals surface area contributed by atoms with E-state index in [-0.39, 0.29) is 0 Å². The van der Waals surface area contributed by atoms with Gasteiger partial charge in [0, 0.05) is 37.4 Å². The van der Waals surface area contributed by atoms with Crippen molar-refractivity contribution in [1.82, 2.24) is 9.88 Å². The molecule has 1 aromatic heterocycles. The molecule has 1 aromatic carbocycles. The lowest BCUT2D eigenvalue weighted by Gasteiger charge is -2.39. The van der Waals surface area contributed by atoms with Crippen LogP contribution in [0.5, 0.6) is 0 Å². The van der Waals surface area contributed by atoms with Crippen LogP contribution in [-0.4, -0.2) is 29.5 Å². The van der Waals surface area contributed by atoms with Gasteiger partial charge in [0.2, 0.25) is 0 Å². The molecule has 0 amide bonds. The predicted octanol–water partition coefficient (Wildman–Crippen LogP) is 4.61. The molecular weight excluding hydrogens is 280 g/mol. The van der Waals surface area contributed by atoms with Gasteiger partial charge >= 0.3 is 0 Å². The molecule has 0 N–H and O–H groups in total. The summed E-state index contributed by atoms with van der Waals surface area (Å²) in [7, 11) is 0. The molecule has 0 spiro atoms. The van der Waals surface area contributed by atoms with Gasteiger partial charge in [-0.25, -0.2) is 0 Å². The SMILES string of the molecule is CC(C)C/C=C(\CN1CC(c2ccccn2)C1)c1ccccc1. The Hall–Kier alpha value is -1.93. The van der Waals surface area contributed by atoms with Crippen molar-refractivity contribution in [3.8, 4) is 0 Å². The first-order valence-corrected chi connectivity index (χ1v) is 8.60. The van der Waals surface area contributed by atoms with Crippen molar-refractivity contribution in [2.45, 2.75) is 26.2 Å². The molecule has 0 aliphatic carbocycles. The molecule has 0 saturated carbocycles. The molecule has 0 bridgehead atoms. The zero-order valence-corrected chi connectivity index (χ0v) is 14.2. The molecule has 2 aromatic rings. The second-order valence-electron chi connectivity index (χ2n) is 6.87. The number of nitrogens with zero attached hydrogens (tertiary/aromatic N) is 2. The first kappa shape index (κ1) is 15.9. The van der Waals surface area contributed by atoms with Crippen LogP contribution in [0.4, 0.5) is 0 Å². The number of aromatic nitrogens is 1. The summed E-state index contributed by atoms with van der Waals surface area (Å²) in [6, 6.07) is 17.0. The lowest BCUT2D eigenvalue weighted by atomic mass is 9.93. The van der Waals surface area contributed by atoms with E-state index in [2.05, 4.69) is 72.3 Å². The summed E-state index contributed by atoms with van der Waals surface area (Å²) >= 11 is 0. The van der Waals surface area contributed by atoms with E-state index in [9.17, 15) is 0 Å². The van der Waals surface area contributed by atoms with Crippen LogP contribution in [0.1, 0.15) is 37.4 Å². The summed E-state index contributed by atoms with van der Waals surface area (Å²) in [5.74, 6) is 1.30. The zero-order chi connectivity index (χ0) is 16.1. The fourth-order valence-corrected chi connectivity index (χ4v) is 3.05. The molecule has 120 valence electrons. The van der Waals surface area contributed by atoms with Crippen LogP contribution in [0.3, 0.4) is 0 Å². The van der Waals surface area contributed by atoms with Gasteiger partial charge in [-0.2, -0.15) is 0 Å². The molecule has 0 atom stereocenters. The van der Waals surface area contributed by atoms with Crippen LogP contribution >= 0.6 is 0 Å². The van der Waals surface area contributed by atoms with Gasteiger partial charge in [0.1, 0.15) is 0 Å². The van der Waals surface area contributed by atoms with Crippen LogP contribution in [0.15, 0.2) is 60.8 Å². The Bertz CT molecular complexity index is 625. The highest BCUT2D eigenvalue weighted by molar-refractivity contribution is 5.67. The molecule has 3 rings (SSSR count). The largest absolute Gasteiger partial charge is 0.298 e. The first-order chi connectivity index (χ1) is 11.2. The minimum atomic E-state index is 0.596. The van der Waals surface area contributed by atoms with Gasteiger partial charge in [-0.1, -0.05) is 56.3 Å². The van der Waals surface area contributed by atoms with E-state index in [0.29, 0.717) is 11.8 Å². The summed E-state index contributed by atoms with van der Waals surface area (Å²) in [6.45, 7) is 7.82. The van der Waals surface area contributed by atoms with Crippen LogP contribution in [0.25, 0.3) is 5.57 Å². The van der Waals surface area contributed by atoms with Crippen LogP contribution in [0.2, 0.25) is 0 Å². The number of hydrogen-bond acceptors (Lipinski definition) is 2. The Morgan fingerprint density at radius 3 is 2.52 bits per heavy atom. The van der Waals surface area contributed by atoms with Gasteiger partial charge in [-0.05, 0) is 35.6 Å².